The van der Waals surface area contributed by atoms with Crippen molar-refractivity contribution >= 4 is 11.9 Å². The maximum atomic E-state index is 12.2. The minimum absolute atomic E-state index is 0.0369. The molecule has 20 heavy (non-hydrogen) atoms. The van der Waals surface area contributed by atoms with Gasteiger partial charge >= 0.3 is 5.97 Å². The zero-order valence-electron chi connectivity index (χ0n) is 11.3. The Kier molecular flexibility index (Phi) is 3.46. The summed E-state index contributed by atoms with van der Waals surface area (Å²) in [7, 11) is 0. The average Bonchev–Trinajstić information content (AvgIpc) is 2.97. The van der Waals surface area contributed by atoms with Crippen LogP contribution in [-0.2, 0) is 16.1 Å². The van der Waals surface area contributed by atoms with E-state index < -0.39 is 5.97 Å². The van der Waals surface area contributed by atoms with Crippen LogP contribution in [0.4, 0.5) is 0 Å². The normalized spacial score (nSPS) is 25.9. The summed E-state index contributed by atoms with van der Waals surface area (Å²) >= 11 is 0. The Morgan fingerprint density at radius 2 is 2.10 bits per heavy atom. The number of carboxylic acids is 1. The van der Waals surface area contributed by atoms with E-state index in [4.69, 9.17) is 0 Å². The Bertz CT molecular complexity index is 496. The molecule has 1 N–H and O–H groups in total. The first-order valence-electron chi connectivity index (χ1n) is 7.13. The lowest BCUT2D eigenvalue weighted by molar-refractivity contribution is -0.142. The van der Waals surface area contributed by atoms with E-state index in [2.05, 4.69) is 5.10 Å². The van der Waals surface area contributed by atoms with E-state index in [0.717, 1.165) is 12.8 Å². The third-order valence-electron chi connectivity index (χ3n) is 4.38. The Hall–Kier alpha value is -1.85. The summed E-state index contributed by atoms with van der Waals surface area (Å²) in [6.45, 7) is 1.53. The molecule has 2 unspecified atom stereocenters. The lowest BCUT2D eigenvalue weighted by Crippen LogP contribution is -2.30. The van der Waals surface area contributed by atoms with Crippen molar-refractivity contribution in [2.75, 3.05) is 13.1 Å². The Labute approximate surface area is 117 Å². The maximum Gasteiger partial charge on any atom is 0.308 e. The van der Waals surface area contributed by atoms with Crippen LogP contribution in [0.5, 0.6) is 0 Å². The predicted octanol–water partition coefficient (Wildman–Crippen LogP) is 0.842. The molecule has 1 aromatic rings. The number of carboxylic acid groups (broad SMARTS) is 1. The molecule has 2 fully saturated rings. The standard InChI is InChI=1S/C14H19N3O3/c18-13(4-7-17-6-1-5-15-17)16-8-11(10-2-3-10)12(9-16)14(19)20/h1,5-6,10-12H,2-4,7-9H2,(H,19,20). The van der Waals surface area contributed by atoms with Gasteiger partial charge in [0.1, 0.15) is 0 Å². The van der Waals surface area contributed by atoms with E-state index in [1.54, 1.807) is 15.8 Å². The van der Waals surface area contributed by atoms with Crippen LogP contribution in [0, 0.1) is 17.8 Å². The van der Waals surface area contributed by atoms with Gasteiger partial charge in [-0.2, -0.15) is 5.10 Å². The van der Waals surface area contributed by atoms with Gasteiger partial charge in [0, 0.05) is 38.4 Å². The zero-order valence-corrected chi connectivity index (χ0v) is 11.3. The number of hydrogen-bond acceptors (Lipinski definition) is 3. The maximum absolute atomic E-state index is 12.2. The second-order valence-corrected chi connectivity index (χ2v) is 5.76. The summed E-state index contributed by atoms with van der Waals surface area (Å²) < 4.78 is 1.72. The SMILES string of the molecule is O=C(O)C1CN(C(=O)CCn2cccn2)CC1C1CC1. The van der Waals surface area contributed by atoms with Gasteiger partial charge in [-0.25, -0.2) is 0 Å². The Morgan fingerprint density at radius 1 is 1.30 bits per heavy atom. The molecule has 0 radical (unpaired) electrons. The number of rotatable bonds is 5. The monoisotopic (exact) mass is 277 g/mol. The van der Waals surface area contributed by atoms with E-state index in [0.29, 0.717) is 32.0 Å². The Morgan fingerprint density at radius 3 is 2.70 bits per heavy atom. The first-order valence-corrected chi connectivity index (χ1v) is 7.13. The molecule has 2 atom stereocenters. The molecule has 1 amide bonds. The molecular formula is C14H19N3O3. The van der Waals surface area contributed by atoms with Gasteiger partial charge in [-0.3, -0.25) is 14.3 Å². The highest BCUT2D eigenvalue weighted by atomic mass is 16.4. The van der Waals surface area contributed by atoms with E-state index >= 15 is 0 Å². The summed E-state index contributed by atoms with van der Waals surface area (Å²) in [5.41, 5.74) is 0. The number of aromatic nitrogens is 2. The quantitative estimate of drug-likeness (QED) is 0.865. The van der Waals surface area contributed by atoms with E-state index in [1.165, 1.54) is 0 Å². The van der Waals surface area contributed by atoms with Crippen molar-refractivity contribution in [1.82, 2.24) is 14.7 Å². The number of likely N-dealkylation sites (tertiary alicyclic amines) is 1. The molecule has 0 aromatic carbocycles. The van der Waals surface area contributed by atoms with Gasteiger partial charge in [-0.05, 0) is 30.7 Å². The highest BCUT2D eigenvalue weighted by Crippen LogP contribution is 2.44. The second kappa shape index (κ2) is 5.26. The fourth-order valence-corrected chi connectivity index (χ4v) is 3.10. The lowest BCUT2D eigenvalue weighted by atomic mass is 9.92. The van der Waals surface area contributed by atoms with Crippen molar-refractivity contribution in [3.63, 3.8) is 0 Å². The first-order chi connectivity index (χ1) is 9.65. The molecule has 108 valence electrons. The van der Waals surface area contributed by atoms with Gasteiger partial charge in [-0.1, -0.05) is 0 Å². The summed E-state index contributed by atoms with van der Waals surface area (Å²) in [6.07, 6.45) is 6.12. The summed E-state index contributed by atoms with van der Waals surface area (Å²) in [5, 5.41) is 13.4. The summed E-state index contributed by atoms with van der Waals surface area (Å²) in [4.78, 5) is 25.2. The van der Waals surface area contributed by atoms with Crippen molar-refractivity contribution in [2.45, 2.75) is 25.8 Å². The first kappa shape index (κ1) is 13.1. The van der Waals surface area contributed by atoms with Crippen molar-refractivity contribution in [2.24, 2.45) is 17.8 Å². The molecule has 1 saturated carbocycles. The van der Waals surface area contributed by atoms with Crippen LogP contribution in [0.25, 0.3) is 0 Å². The molecule has 2 aliphatic rings. The van der Waals surface area contributed by atoms with Crippen LogP contribution in [0.3, 0.4) is 0 Å². The van der Waals surface area contributed by atoms with Gasteiger partial charge in [0.25, 0.3) is 0 Å². The van der Waals surface area contributed by atoms with Crippen molar-refractivity contribution in [3.05, 3.63) is 18.5 Å². The molecule has 1 aliphatic carbocycles. The number of aryl methyl sites for hydroxylation is 1. The van der Waals surface area contributed by atoms with Gasteiger partial charge in [0.05, 0.1) is 5.92 Å². The molecule has 1 aliphatic heterocycles. The van der Waals surface area contributed by atoms with Crippen molar-refractivity contribution < 1.29 is 14.7 Å². The van der Waals surface area contributed by atoms with Gasteiger partial charge in [-0.15, -0.1) is 0 Å². The third kappa shape index (κ3) is 2.69. The van der Waals surface area contributed by atoms with Crippen LogP contribution in [0.1, 0.15) is 19.3 Å². The van der Waals surface area contributed by atoms with E-state index in [1.807, 2.05) is 12.3 Å². The average molecular weight is 277 g/mol. The fourth-order valence-electron chi connectivity index (χ4n) is 3.10. The van der Waals surface area contributed by atoms with Crippen LogP contribution in [0.2, 0.25) is 0 Å². The van der Waals surface area contributed by atoms with E-state index in [-0.39, 0.29) is 17.7 Å². The summed E-state index contributed by atoms with van der Waals surface area (Å²) in [5.74, 6) is -0.434. The van der Waals surface area contributed by atoms with Gasteiger partial charge in [0.2, 0.25) is 5.91 Å². The summed E-state index contributed by atoms with van der Waals surface area (Å²) in [6, 6.07) is 1.82. The van der Waals surface area contributed by atoms with Crippen LogP contribution in [-0.4, -0.2) is 44.8 Å². The van der Waals surface area contributed by atoms with E-state index in [9.17, 15) is 14.7 Å². The molecule has 0 bridgehead atoms. The molecular weight excluding hydrogens is 258 g/mol. The fraction of sp³-hybridized carbons (Fsp3) is 0.643. The predicted molar refractivity (Wildman–Crippen MR) is 70.8 cm³/mol. The topological polar surface area (TPSA) is 75.4 Å². The van der Waals surface area contributed by atoms with Gasteiger partial charge in [0.15, 0.2) is 0 Å². The number of nitrogens with zero attached hydrogens (tertiary/aromatic N) is 3. The molecule has 6 heteroatoms. The second-order valence-electron chi connectivity index (χ2n) is 5.76. The molecule has 2 heterocycles. The smallest absolute Gasteiger partial charge is 0.308 e. The highest BCUT2D eigenvalue weighted by molar-refractivity contribution is 5.79. The van der Waals surface area contributed by atoms with Crippen molar-refractivity contribution in [1.29, 1.82) is 0 Å². The number of carbonyl (C=O) groups excluding carboxylic acids is 1. The molecule has 6 nitrogen and oxygen atoms in total. The van der Waals surface area contributed by atoms with Crippen LogP contribution in [0.15, 0.2) is 18.5 Å². The third-order valence-corrected chi connectivity index (χ3v) is 4.38. The molecule has 1 saturated heterocycles. The van der Waals surface area contributed by atoms with Crippen LogP contribution < -0.4 is 0 Å². The minimum Gasteiger partial charge on any atom is -0.481 e. The minimum atomic E-state index is -0.760. The van der Waals surface area contributed by atoms with Crippen molar-refractivity contribution in [3.8, 4) is 0 Å². The molecule has 3 rings (SSSR count). The number of hydrogen-bond donors (Lipinski definition) is 1. The van der Waals surface area contributed by atoms with Gasteiger partial charge < -0.3 is 10.0 Å². The lowest BCUT2D eigenvalue weighted by Gasteiger charge is -2.16. The number of amides is 1. The molecule has 1 aromatic heterocycles. The number of carbonyl (C=O) groups is 2. The van der Waals surface area contributed by atoms with Crippen LogP contribution >= 0.6 is 0 Å². The largest absolute Gasteiger partial charge is 0.481 e. The number of aliphatic carboxylic acids is 1. The zero-order chi connectivity index (χ0) is 14.1. The molecule has 0 spiro atoms. The highest BCUT2D eigenvalue weighted by Gasteiger charge is 2.46. The Balaban J connectivity index is 1.57.